The third-order valence-electron chi connectivity index (χ3n) is 4.94. The van der Waals surface area contributed by atoms with Gasteiger partial charge in [-0.15, -0.1) is 0 Å². The molecule has 0 saturated carbocycles. The normalized spacial score (nSPS) is 12.1. The predicted molar refractivity (Wildman–Crippen MR) is 98.7 cm³/mol. The number of unbranched alkanes of at least 4 members (excludes halogenated alkanes) is 1. The molecule has 0 atom stereocenters. The highest BCUT2D eigenvalue weighted by molar-refractivity contribution is 5.80. The summed E-state index contributed by atoms with van der Waals surface area (Å²) in [6.07, 6.45) is 4.65. The Morgan fingerprint density at radius 1 is 0.792 bits per heavy atom. The fraction of sp³-hybridized carbons (Fsp3) is 0.217. The fourth-order valence-electron chi connectivity index (χ4n) is 3.62. The number of aryl methyl sites for hydroxylation is 1. The van der Waals surface area contributed by atoms with Crippen molar-refractivity contribution in [3.8, 4) is 22.3 Å². The molecule has 4 rings (SSSR count). The Balaban J connectivity index is 1.66. The molecule has 0 N–H and O–H groups in total. The van der Waals surface area contributed by atoms with Gasteiger partial charge in [0.1, 0.15) is 5.82 Å². The monoisotopic (exact) mass is 316 g/mol. The van der Waals surface area contributed by atoms with Crippen molar-refractivity contribution in [1.29, 1.82) is 0 Å². The van der Waals surface area contributed by atoms with Crippen LogP contribution in [0.3, 0.4) is 0 Å². The zero-order chi connectivity index (χ0) is 16.5. The second kappa shape index (κ2) is 6.24. The maximum absolute atomic E-state index is 13.1. The average molecular weight is 316 g/mol. The van der Waals surface area contributed by atoms with Crippen molar-refractivity contribution in [1.82, 2.24) is 0 Å². The van der Waals surface area contributed by atoms with Crippen LogP contribution in [0.4, 0.5) is 4.39 Å². The second-order valence-electron chi connectivity index (χ2n) is 6.65. The minimum atomic E-state index is -0.188. The lowest BCUT2D eigenvalue weighted by Crippen LogP contribution is -1.88. The van der Waals surface area contributed by atoms with Crippen molar-refractivity contribution < 1.29 is 4.39 Å². The molecule has 1 heteroatoms. The van der Waals surface area contributed by atoms with Crippen LogP contribution in [0, 0.1) is 5.82 Å². The highest BCUT2D eigenvalue weighted by atomic mass is 19.1. The maximum atomic E-state index is 13.1. The first-order chi connectivity index (χ1) is 11.7. The predicted octanol–water partition coefficient (Wildman–Crippen LogP) is 6.41. The molecule has 3 aromatic rings. The number of fused-ring (bicyclic) bond motifs is 3. The highest BCUT2D eigenvalue weighted by Gasteiger charge is 2.19. The lowest BCUT2D eigenvalue weighted by Gasteiger charge is -2.06. The van der Waals surface area contributed by atoms with Crippen molar-refractivity contribution >= 4 is 0 Å². The highest BCUT2D eigenvalue weighted by Crippen LogP contribution is 2.39. The van der Waals surface area contributed by atoms with Gasteiger partial charge in [0.2, 0.25) is 0 Å². The Morgan fingerprint density at radius 2 is 1.46 bits per heavy atom. The van der Waals surface area contributed by atoms with E-state index in [1.165, 1.54) is 59.2 Å². The summed E-state index contributed by atoms with van der Waals surface area (Å²) >= 11 is 0. The zero-order valence-electron chi connectivity index (χ0n) is 14.0. The third kappa shape index (κ3) is 2.75. The smallest absolute Gasteiger partial charge is 0.123 e. The van der Waals surface area contributed by atoms with E-state index in [0.29, 0.717) is 0 Å². The van der Waals surface area contributed by atoms with Crippen molar-refractivity contribution in [3.63, 3.8) is 0 Å². The molecule has 0 amide bonds. The van der Waals surface area contributed by atoms with E-state index in [9.17, 15) is 4.39 Å². The van der Waals surface area contributed by atoms with Gasteiger partial charge in [-0.2, -0.15) is 0 Å². The van der Waals surface area contributed by atoms with E-state index >= 15 is 0 Å². The molecule has 120 valence electrons. The van der Waals surface area contributed by atoms with Crippen LogP contribution in [-0.4, -0.2) is 0 Å². The van der Waals surface area contributed by atoms with E-state index in [1.54, 1.807) is 0 Å². The molecule has 0 aliphatic heterocycles. The van der Waals surface area contributed by atoms with Gasteiger partial charge in [0.05, 0.1) is 0 Å². The number of benzene rings is 3. The van der Waals surface area contributed by atoms with Crippen LogP contribution < -0.4 is 0 Å². The van der Waals surface area contributed by atoms with Crippen LogP contribution in [0.5, 0.6) is 0 Å². The Morgan fingerprint density at radius 3 is 2.21 bits per heavy atom. The van der Waals surface area contributed by atoms with Crippen molar-refractivity contribution in [2.24, 2.45) is 0 Å². The lowest BCUT2D eigenvalue weighted by atomic mass is 9.98. The van der Waals surface area contributed by atoms with Crippen LogP contribution in [0.2, 0.25) is 0 Å². The Kier molecular flexibility index (Phi) is 3.93. The molecule has 0 fully saturated rings. The van der Waals surface area contributed by atoms with Crippen molar-refractivity contribution in [2.75, 3.05) is 0 Å². The average Bonchev–Trinajstić information content (AvgIpc) is 2.97. The quantitative estimate of drug-likeness (QED) is 0.408. The summed E-state index contributed by atoms with van der Waals surface area (Å²) in [4.78, 5) is 0. The molecule has 0 saturated heterocycles. The molecule has 0 heterocycles. The van der Waals surface area contributed by atoms with E-state index in [-0.39, 0.29) is 5.82 Å². The third-order valence-corrected chi connectivity index (χ3v) is 4.94. The first-order valence-electron chi connectivity index (χ1n) is 8.75. The first kappa shape index (κ1) is 15.1. The minimum Gasteiger partial charge on any atom is -0.207 e. The standard InChI is InChI=1S/C23H21F/c1-2-3-4-16-5-11-22-19(13-16)15-20-14-18(8-12-23(20)22)17-6-9-21(24)10-7-17/h5-14H,2-4,15H2,1H3. The molecule has 0 unspecified atom stereocenters. The van der Waals surface area contributed by atoms with Gasteiger partial charge in [-0.25, -0.2) is 4.39 Å². The Bertz CT molecular complexity index is 875. The number of hydrogen-bond acceptors (Lipinski definition) is 0. The molecule has 0 spiro atoms. The summed E-state index contributed by atoms with van der Waals surface area (Å²) < 4.78 is 13.1. The SMILES string of the molecule is CCCCc1ccc2c(c1)Cc1cc(-c3ccc(F)cc3)ccc1-2. The molecule has 3 aromatic carbocycles. The summed E-state index contributed by atoms with van der Waals surface area (Å²) in [5.74, 6) is -0.188. The van der Waals surface area contributed by atoms with Crippen LogP contribution in [-0.2, 0) is 12.8 Å². The summed E-state index contributed by atoms with van der Waals surface area (Å²) in [6, 6.07) is 20.3. The van der Waals surface area contributed by atoms with Gasteiger partial charge in [0, 0.05) is 0 Å². The number of halogens is 1. The summed E-state index contributed by atoms with van der Waals surface area (Å²) in [5.41, 5.74) is 9.21. The molecule has 0 aromatic heterocycles. The van der Waals surface area contributed by atoms with Crippen LogP contribution in [0.1, 0.15) is 36.5 Å². The van der Waals surface area contributed by atoms with Crippen molar-refractivity contribution in [2.45, 2.75) is 32.6 Å². The molecule has 0 nitrogen and oxygen atoms in total. The molecule has 24 heavy (non-hydrogen) atoms. The van der Waals surface area contributed by atoms with Gasteiger partial charge < -0.3 is 0 Å². The molecule has 0 radical (unpaired) electrons. The van der Waals surface area contributed by atoms with E-state index in [0.717, 1.165) is 17.5 Å². The van der Waals surface area contributed by atoms with E-state index in [1.807, 2.05) is 12.1 Å². The van der Waals surface area contributed by atoms with Gasteiger partial charge in [0.25, 0.3) is 0 Å². The molecule has 0 bridgehead atoms. The van der Waals surface area contributed by atoms with E-state index in [4.69, 9.17) is 0 Å². The van der Waals surface area contributed by atoms with Gasteiger partial charge in [0.15, 0.2) is 0 Å². The molecular formula is C23H21F. The molecule has 1 aliphatic carbocycles. The topological polar surface area (TPSA) is 0 Å². The zero-order valence-corrected chi connectivity index (χ0v) is 14.0. The summed E-state index contributed by atoms with van der Waals surface area (Å²) in [7, 11) is 0. The minimum absolute atomic E-state index is 0.188. The first-order valence-corrected chi connectivity index (χ1v) is 8.75. The second-order valence-corrected chi connectivity index (χ2v) is 6.65. The van der Waals surface area contributed by atoms with Crippen LogP contribution in [0.15, 0.2) is 60.7 Å². The summed E-state index contributed by atoms with van der Waals surface area (Å²) in [5, 5.41) is 0. The number of hydrogen-bond donors (Lipinski definition) is 0. The van der Waals surface area contributed by atoms with E-state index < -0.39 is 0 Å². The Labute approximate surface area is 143 Å². The fourth-order valence-corrected chi connectivity index (χ4v) is 3.62. The lowest BCUT2D eigenvalue weighted by molar-refractivity contribution is 0.628. The Hall–Kier alpha value is -2.41. The van der Waals surface area contributed by atoms with Crippen LogP contribution in [0.25, 0.3) is 22.3 Å². The van der Waals surface area contributed by atoms with Crippen LogP contribution >= 0.6 is 0 Å². The van der Waals surface area contributed by atoms with Gasteiger partial charge in [-0.05, 0) is 70.3 Å². The maximum Gasteiger partial charge on any atom is 0.123 e. The van der Waals surface area contributed by atoms with Crippen molar-refractivity contribution in [3.05, 3.63) is 83.2 Å². The van der Waals surface area contributed by atoms with Gasteiger partial charge >= 0.3 is 0 Å². The summed E-state index contributed by atoms with van der Waals surface area (Å²) in [6.45, 7) is 2.24. The number of rotatable bonds is 4. The largest absolute Gasteiger partial charge is 0.207 e. The van der Waals surface area contributed by atoms with Gasteiger partial charge in [-0.3, -0.25) is 0 Å². The van der Waals surface area contributed by atoms with E-state index in [2.05, 4.69) is 43.3 Å². The molecular weight excluding hydrogens is 295 g/mol. The molecule has 1 aliphatic rings. The van der Waals surface area contributed by atoms with Gasteiger partial charge in [-0.1, -0.05) is 61.9 Å².